The molecule has 3 nitrogen and oxygen atoms in total. The first kappa shape index (κ1) is 10.6. The molecule has 0 radical (unpaired) electrons. The fraction of sp³-hybridized carbons (Fsp3) is 0.188. The molecule has 3 aromatic rings. The molecule has 2 aromatic carbocycles. The number of imidazole rings is 1. The number of nitrogens with zero attached hydrogens (tertiary/aromatic N) is 1. The minimum Gasteiger partial charge on any atom is -0.493 e. The van der Waals surface area contributed by atoms with Gasteiger partial charge >= 0.3 is 0 Å². The van der Waals surface area contributed by atoms with Crippen molar-refractivity contribution in [2.75, 3.05) is 6.61 Å². The third kappa shape index (κ3) is 1.78. The van der Waals surface area contributed by atoms with Crippen LogP contribution in [0.1, 0.15) is 12.0 Å². The van der Waals surface area contributed by atoms with E-state index in [1.54, 1.807) is 0 Å². The van der Waals surface area contributed by atoms with Gasteiger partial charge in [0.2, 0.25) is 0 Å². The number of rotatable bonds is 1. The molecule has 19 heavy (non-hydrogen) atoms. The molecule has 1 aliphatic heterocycles. The van der Waals surface area contributed by atoms with E-state index in [9.17, 15) is 0 Å². The van der Waals surface area contributed by atoms with E-state index < -0.39 is 0 Å². The summed E-state index contributed by atoms with van der Waals surface area (Å²) in [6.45, 7) is 0.830. The van der Waals surface area contributed by atoms with Gasteiger partial charge < -0.3 is 9.72 Å². The number of para-hydroxylation sites is 2. The second kappa shape index (κ2) is 4.12. The van der Waals surface area contributed by atoms with E-state index >= 15 is 0 Å². The van der Waals surface area contributed by atoms with Crippen LogP contribution in [0, 0.1) is 0 Å². The van der Waals surface area contributed by atoms with Gasteiger partial charge in [-0.15, -0.1) is 0 Å². The molecular weight excluding hydrogens is 236 g/mol. The minimum atomic E-state index is 0.830. The quantitative estimate of drug-likeness (QED) is 0.717. The van der Waals surface area contributed by atoms with Crippen molar-refractivity contribution in [2.24, 2.45) is 0 Å². The third-order valence-corrected chi connectivity index (χ3v) is 3.57. The molecule has 1 aromatic heterocycles. The Morgan fingerprint density at radius 3 is 3.00 bits per heavy atom. The average molecular weight is 250 g/mol. The van der Waals surface area contributed by atoms with Crippen molar-refractivity contribution in [3.05, 3.63) is 48.0 Å². The number of hydrogen-bond acceptors (Lipinski definition) is 2. The Morgan fingerprint density at radius 1 is 1.11 bits per heavy atom. The number of aromatic amines is 1. The standard InChI is InChI=1S/C16H14N2O/c1-2-6-14-13(5-1)17-16(18-14)12-7-8-15-11(10-12)4-3-9-19-15/h1-2,5-8,10H,3-4,9H2,(H,17,18). The molecule has 94 valence electrons. The van der Waals surface area contributed by atoms with Gasteiger partial charge in [0.05, 0.1) is 17.6 Å². The third-order valence-electron chi connectivity index (χ3n) is 3.57. The maximum atomic E-state index is 5.64. The lowest BCUT2D eigenvalue weighted by Crippen LogP contribution is -2.08. The van der Waals surface area contributed by atoms with E-state index in [-0.39, 0.29) is 0 Å². The van der Waals surface area contributed by atoms with Gasteiger partial charge in [0.1, 0.15) is 11.6 Å². The SMILES string of the molecule is c1ccc2[nH]c(-c3ccc4c(c3)CCCO4)nc2c1. The van der Waals surface area contributed by atoms with E-state index in [0.29, 0.717) is 0 Å². The van der Waals surface area contributed by atoms with Gasteiger partial charge in [-0.1, -0.05) is 12.1 Å². The second-order valence-electron chi connectivity index (χ2n) is 4.88. The average Bonchev–Trinajstić information content (AvgIpc) is 2.90. The number of H-pyrrole nitrogens is 1. The molecule has 0 fully saturated rings. The van der Waals surface area contributed by atoms with E-state index in [4.69, 9.17) is 4.74 Å². The summed E-state index contributed by atoms with van der Waals surface area (Å²) >= 11 is 0. The number of benzene rings is 2. The molecule has 0 unspecified atom stereocenters. The topological polar surface area (TPSA) is 37.9 Å². The van der Waals surface area contributed by atoms with E-state index in [1.165, 1.54) is 5.56 Å². The van der Waals surface area contributed by atoms with Crippen LogP contribution in [0.4, 0.5) is 0 Å². The summed E-state index contributed by atoms with van der Waals surface area (Å²) in [4.78, 5) is 8.00. The Kier molecular flexibility index (Phi) is 2.30. The van der Waals surface area contributed by atoms with Crippen LogP contribution in [-0.2, 0) is 6.42 Å². The summed E-state index contributed by atoms with van der Waals surface area (Å²) in [6, 6.07) is 14.4. The maximum Gasteiger partial charge on any atom is 0.138 e. The first-order chi connectivity index (χ1) is 9.40. The summed E-state index contributed by atoms with van der Waals surface area (Å²) in [6.07, 6.45) is 2.18. The van der Waals surface area contributed by atoms with Crippen LogP contribution >= 0.6 is 0 Å². The largest absolute Gasteiger partial charge is 0.493 e. The van der Waals surface area contributed by atoms with Crippen molar-refractivity contribution in [3.8, 4) is 17.1 Å². The minimum absolute atomic E-state index is 0.830. The van der Waals surface area contributed by atoms with Crippen molar-refractivity contribution >= 4 is 11.0 Å². The molecule has 2 heterocycles. The Balaban J connectivity index is 1.83. The highest BCUT2D eigenvalue weighted by atomic mass is 16.5. The Hall–Kier alpha value is -2.29. The molecule has 4 rings (SSSR count). The predicted octanol–water partition coefficient (Wildman–Crippen LogP) is 3.55. The molecule has 1 N–H and O–H groups in total. The summed E-state index contributed by atoms with van der Waals surface area (Å²) in [5.74, 6) is 1.95. The van der Waals surface area contributed by atoms with Gasteiger partial charge in [0.25, 0.3) is 0 Å². The van der Waals surface area contributed by atoms with Gasteiger partial charge in [-0.25, -0.2) is 4.98 Å². The Morgan fingerprint density at radius 2 is 2.05 bits per heavy atom. The van der Waals surface area contributed by atoms with Crippen LogP contribution < -0.4 is 4.74 Å². The Bertz CT molecular complexity index is 712. The smallest absolute Gasteiger partial charge is 0.138 e. The van der Waals surface area contributed by atoms with Crippen LogP contribution in [0.2, 0.25) is 0 Å². The van der Waals surface area contributed by atoms with Crippen LogP contribution in [0.25, 0.3) is 22.4 Å². The van der Waals surface area contributed by atoms with Gasteiger partial charge in [0, 0.05) is 5.56 Å². The van der Waals surface area contributed by atoms with E-state index in [1.807, 2.05) is 24.3 Å². The molecule has 0 bridgehead atoms. The monoisotopic (exact) mass is 250 g/mol. The molecule has 0 atom stereocenters. The summed E-state index contributed by atoms with van der Waals surface area (Å²) in [5.41, 5.74) is 4.49. The highest BCUT2D eigenvalue weighted by Gasteiger charge is 2.12. The first-order valence-electron chi connectivity index (χ1n) is 6.61. The van der Waals surface area contributed by atoms with Crippen molar-refractivity contribution in [1.29, 1.82) is 0 Å². The van der Waals surface area contributed by atoms with Crippen LogP contribution in [0.3, 0.4) is 0 Å². The second-order valence-corrected chi connectivity index (χ2v) is 4.88. The first-order valence-corrected chi connectivity index (χ1v) is 6.61. The molecule has 0 spiro atoms. The molecule has 1 aliphatic rings. The number of aryl methyl sites for hydroxylation is 1. The summed E-state index contributed by atoms with van der Waals surface area (Å²) in [5, 5.41) is 0. The molecular formula is C16H14N2O. The number of fused-ring (bicyclic) bond motifs is 2. The lowest BCUT2D eigenvalue weighted by atomic mass is 10.0. The zero-order valence-electron chi connectivity index (χ0n) is 10.5. The zero-order valence-corrected chi connectivity index (χ0v) is 10.5. The highest BCUT2D eigenvalue weighted by molar-refractivity contribution is 5.79. The Labute approximate surface area is 111 Å². The number of aromatic nitrogens is 2. The molecule has 0 saturated carbocycles. The van der Waals surface area contributed by atoms with E-state index in [0.717, 1.165) is 47.6 Å². The van der Waals surface area contributed by atoms with Gasteiger partial charge in [-0.2, -0.15) is 0 Å². The van der Waals surface area contributed by atoms with Gasteiger partial charge in [-0.3, -0.25) is 0 Å². The number of hydrogen-bond donors (Lipinski definition) is 1. The van der Waals surface area contributed by atoms with Crippen molar-refractivity contribution in [3.63, 3.8) is 0 Å². The molecule has 3 heteroatoms. The van der Waals surface area contributed by atoms with Gasteiger partial charge in [-0.05, 0) is 48.7 Å². The lowest BCUT2D eigenvalue weighted by Gasteiger charge is -2.17. The van der Waals surface area contributed by atoms with Crippen LogP contribution in [0.15, 0.2) is 42.5 Å². The van der Waals surface area contributed by atoms with Crippen molar-refractivity contribution in [1.82, 2.24) is 9.97 Å². The fourth-order valence-electron chi connectivity index (χ4n) is 2.60. The predicted molar refractivity (Wildman–Crippen MR) is 75.3 cm³/mol. The summed E-state index contributed by atoms with van der Waals surface area (Å²) < 4.78 is 5.64. The normalized spacial score (nSPS) is 14.1. The highest BCUT2D eigenvalue weighted by Crippen LogP contribution is 2.29. The van der Waals surface area contributed by atoms with Gasteiger partial charge in [0.15, 0.2) is 0 Å². The number of ether oxygens (including phenoxy) is 1. The molecule has 0 saturated heterocycles. The van der Waals surface area contributed by atoms with Crippen LogP contribution in [-0.4, -0.2) is 16.6 Å². The van der Waals surface area contributed by atoms with Crippen molar-refractivity contribution < 1.29 is 4.74 Å². The number of nitrogens with one attached hydrogen (secondary N) is 1. The molecule has 0 amide bonds. The summed E-state index contributed by atoms with van der Waals surface area (Å²) in [7, 11) is 0. The zero-order chi connectivity index (χ0) is 12.7. The van der Waals surface area contributed by atoms with E-state index in [2.05, 4.69) is 28.2 Å². The van der Waals surface area contributed by atoms with Crippen molar-refractivity contribution in [2.45, 2.75) is 12.8 Å². The fourth-order valence-corrected chi connectivity index (χ4v) is 2.60. The van der Waals surface area contributed by atoms with Crippen LogP contribution in [0.5, 0.6) is 5.75 Å². The maximum absolute atomic E-state index is 5.64. The lowest BCUT2D eigenvalue weighted by molar-refractivity contribution is 0.288. The molecule has 0 aliphatic carbocycles.